The van der Waals surface area contributed by atoms with Crippen LogP contribution in [0.4, 0.5) is 0 Å². The van der Waals surface area contributed by atoms with Crippen molar-refractivity contribution in [1.29, 1.82) is 0 Å². The first-order valence-corrected chi connectivity index (χ1v) is 21.6. The van der Waals surface area contributed by atoms with Crippen molar-refractivity contribution in [2.45, 2.75) is 65.7 Å². The van der Waals surface area contributed by atoms with E-state index in [0.717, 1.165) is 50.2 Å². The van der Waals surface area contributed by atoms with Gasteiger partial charge in [-0.1, -0.05) is 150 Å². The maximum absolute atomic E-state index is 6.75. The van der Waals surface area contributed by atoms with E-state index in [1.54, 1.807) is 6.20 Å². The summed E-state index contributed by atoms with van der Waals surface area (Å²) in [5.41, 5.74) is 16.5. The van der Waals surface area contributed by atoms with Crippen LogP contribution < -0.4 is 0 Å². The van der Waals surface area contributed by atoms with Gasteiger partial charge in [0.05, 0.1) is 22.4 Å². The molecule has 0 spiro atoms. The third kappa shape index (κ3) is 8.56. The Morgan fingerprint density at radius 1 is 0.603 bits per heavy atom. The Labute approximate surface area is 385 Å². The summed E-state index contributed by atoms with van der Waals surface area (Å²) >= 11 is 0. The number of furan rings is 1. The first kappa shape index (κ1) is 43.3. The van der Waals surface area contributed by atoms with Crippen LogP contribution >= 0.6 is 0 Å². The summed E-state index contributed by atoms with van der Waals surface area (Å²) in [5, 5.41) is 2.27. The quantitative estimate of drug-likeness (QED) is 0.149. The summed E-state index contributed by atoms with van der Waals surface area (Å²) in [6.45, 7) is 16.0. The molecule has 0 amide bonds. The van der Waals surface area contributed by atoms with Crippen LogP contribution in [0.1, 0.15) is 77.0 Å². The average Bonchev–Trinajstić information content (AvgIpc) is 3.88. The van der Waals surface area contributed by atoms with Crippen molar-refractivity contribution < 1.29 is 24.5 Å². The second-order valence-electron chi connectivity index (χ2n) is 17.6. The number of imidazole rings is 1. The molecule has 0 saturated heterocycles. The minimum Gasteiger partial charge on any atom is -0.501 e. The number of pyridine rings is 1. The van der Waals surface area contributed by atoms with Crippen molar-refractivity contribution in [3.05, 3.63) is 199 Å². The molecule has 0 saturated carbocycles. The molecule has 0 atom stereocenters. The number of hydrogen-bond donors (Lipinski definition) is 0. The Balaban J connectivity index is 0.000000361. The van der Waals surface area contributed by atoms with Gasteiger partial charge in [-0.3, -0.25) is 4.98 Å². The Morgan fingerprint density at radius 2 is 1.25 bits per heavy atom. The van der Waals surface area contributed by atoms with Gasteiger partial charge in [0.1, 0.15) is 5.58 Å². The molecule has 10 aromatic rings. The summed E-state index contributed by atoms with van der Waals surface area (Å²) in [7, 11) is 0. The van der Waals surface area contributed by atoms with Crippen LogP contribution in [0.25, 0.3) is 83.6 Å². The Bertz CT molecular complexity index is 3070. The van der Waals surface area contributed by atoms with Gasteiger partial charge in [-0.05, 0) is 98.3 Å². The maximum Gasteiger partial charge on any atom is 0.121 e. The minimum atomic E-state index is -0.0366. The first-order chi connectivity index (χ1) is 30.1. The molecule has 7 aromatic carbocycles. The van der Waals surface area contributed by atoms with Crippen molar-refractivity contribution in [2.24, 2.45) is 0 Å². The van der Waals surface area contributed by atoms with E-state index in [9.17, 15) is 0 Å². The molecule has 3 heterocycles. The van der Waals surface area contributed by atoms with Crippen LogP contribution in [-0.4, -0.2) is 14.5 Å². The van der Waals surface area contributed by atoms with Gasteiger partial charge in [0, 0.05) is 37.4 Å². The third-order valence-electron chi connectivity index (χ3n) is 11.7. The standard InChI is InChI=1S/C47H43N2O.C11H8N.Ir/c1-29(2)37-27-34(33-25-23-32(24-26-33)31-15-9-8-10-16-31)28-38(30(3)4)44(37)49-41-21-12-11-20-40(41)48-46(49)36-18-13-17-35-43-39(47(5,6)7)19-14-22-42(43)50-45(35)36;1-2-6-10(7-3-1)11-8-4-5-9-12-11;/h8-17,19-30H,1-7H3;1-6,8-9H;/q2*-1;. The van der Waals surface area contributed by atoms with E-state index in [1.165, 1.54) is 50.0 Å². The fraction of sp³-hybridized carbons (Fsp3) is 0.172. The van der Waals surface area contributed by atoms with E-state index in [4.69, 9.17) is 9.40 Å². The molecule has 0 bridgehead atoms. The topological polar surface area (TPSA) is 43.9 Å². The zero-order chi connectivity index (χ0) is 43.0. The molecule has 0 aliphatic rings. The summed E-state index contributed by atoms with van der Waals surface area (Å²) in [5.74, 6) is 1.37. The predicted octanol–water partition coefficient (Wildman–Crippen LogP) is 15.8. The van der Waals surface area contributed by atoms with E-state index in [1.807, 2.05) is 48.5 Å². The molecule has 63 heavy (non-hydrogen) atoms. The minimum absolute atomic E-state index is 0. The van der Waals surface area contributed by atoms with Crippen LogP contribution in [0.3, 0.4) is 0 Å². The SMILES string of the molecule is CC(C)c1cc(-c2ccc(-c3ccccc3)cc2)cc(C(C)C)c1-n1c(-c2[c-]ccc3c2oc2cccc(C(C)(C)C)c23)nc2ccccc21.[Ir].[c-]1ccccc1-c1ccccn1. The molecule has 0 unspecified atom stereocenters. The van der Waals surface area contributed by atoms with E-state index in [-0.39, 0.29) is 37.4 Å². The molecule has 0 aliphatic carbocycles. The molecule has 0 N–H and O–H groups in total. The molecular formula is C58H51IrN3O-2. The van der Waals surface area contributed by atoms with Crippen LogP contribution in [-0.2, 0) is 25.5 Å². The van der Waals surface area contributed by atoms with Gasteiger partial charge in [0.15, 0.2) is 0 Å². The van der Waals surface area contributed by atoms with Gasteiger partial charge in [-0.25, -0.2) is 0 Å². The predicted molar refractivity (Wildman–Crippen MR) is 259 cm³/mol. The smallest absolute Gasteiger partial charge is 0.121 e. The molecule has 315 valence electrons. The first-order valence-electron chi connectivity index (χ1n) is 21.6. The van der Waals surface area contributed by atoms with Crippen LogP contribution in [0.5, 0.6) is 0 Å². The second-order valence-corrected chi connectivity index (χ2v) is 17.6. The molecule has 5 heteroatoms. The van der Waals surface area contributed by atoms with Crippen molar-refractivity contribution in [3.63, 3.8) is 0 Å². The van der Waals surface area contributed by atoms with Crippen LogP contribution in [0.15, 0.2) is 174 Å². The van der Waals surface area contributed by atoms with Crippen molar-refractivity contribution in [2.75, 3.05) is 0 Å². The number of para-hydroxylation sites is 2. The molecule has 0 aliphatic heterocycles. The molecule has 10 rings (SSSR count). The molecule has 4 nitrogen and oxygen atoms in total. The fourth-order valence-electron chi connectivity index (χ4n) is 8.55. The molecule has 1 radical (unpaired) electrons. The number of hydrogen-bond acceptors (Lipinski definition) is 3. The van der Waals surface area contributed by atoms with Gasteiger partial charge in [-0.2, -0.15) is 0 Å². The number of fused-ring (bicyclic) bond motifs is 4. The van der Waals surface area contributed by atoms with Crippen molar-refractivity contribution >= 4 is 33.0 Å². The zero-order valence-electron chi connectivity index (χ0n) is 36.9. The average molecular weight is 998 g/mol. The monoisotopic (exact) mass is 998 g/mol. The van der Waals surface area contributed by atoms with Crippen molar-refractivity contribution in [1.82, 2.24) is 14.5 Å². The summed E-state index contributed by atoms with van der Waals surface area (Å²) < 4.78 is 9.13. The van der Waals surface area contributed by atoms with Crippen molar-refractivity contribution in [3.8, 4) is 50.6 Å². The van der Waals surface area contributed by atoms with Gasteiger partial charge in [0.2, 0.25) is 0 Å². The summed E-state index contributed by atoms with van der Waals surface area (Å²) in [6.07, 6.45) is 1.79. The number of nitrogens with zero attached hydrogens (tertiary/aromatic N) is 3. The van der Waals surface area contributed by atoms with Crippen LogP contribution in [0.2, 0.25) is 0 Å². The molecule has 0 fully saturated rings. The van der Waals surface area contributed by atoms with Gasteiger partial charge >= 0.3 is 0 Å². The molecule has 3 aromatic heterocycles. The van der Waals surface area contributed by atoms with E-state index in [0.29, 0.717) is 0 Å². The maximum atomic E-state index is 6.75. The Hall–Kier alpha value is -6.39. The van der Waals surface area contributed by atoms with E-state index in [2.05, 4.69) is 185 Å². The summed E-state index contributed by atoms with van der Waals surface area (Å²) in [4.78, 5) is 9.56. The third-order valence-corrected chi connectivity index (χ3v) is 11.7. The number of rotatable bonds is 7. The van der Waals surface area contributed by atoms with Gasteiger partial charge in [-0.15, -0.1) is 54.1 Å². The van der Waals surface area contributed by atoms with Gasteiger partial charge in [0.25, 0.3) is 0 Å². The number of aromatic nitrogens is 3. The Kier molecular flexibility index (Phi) is 12.5. The van der Waals surface area contributed by atoms with Gasteiger partial charge < -0.3 is 14.0 Å². The van der Waals surface area contributed by atoms with Crippen LogP contribution in [0, 0.1) is 12.1 Å². The zero-order valence-corrected chi connectivity index (χ0v) is 39.3. The second kappa shape index (κ2) is 18.1. The van der Waals surface area contributed by atoms with E-state index < -0.39 is 0 Å². The van der Waals surface area contributed by atoms with E-state index >= 15 is 0 Å². The Morgan fingerprint density at radius 3 is 1.90 bits per heavy atom. The molecular weight excluding hydrogens is 947 g/mol. The fourth-order valence-corrected chi connectivity index (χ4v) is 8.55. The number of benzene rings is 7. The summed E-state index contributed by atoms with van der Waals surface area (Å²) in [6, 6.07) is 63.8. The normalized spacial score (nSPS) is 11.6. The largest absolute Gasteiger partial charge is 0.501 e.